The van der Waals surface area contributed by atoms with Gasteiger partial charge in [-0.05, 0) is 69.1 Å². The largest absolute Gasteiger partial charge is 0.381 e. The number of nitriles is 1. The number of rotatable bonds is 6. The maximum absolute atomic E-state index is 14.5. The van der Waals surface area contributed by atoms with Crippen LogP contribution in [0.4, 0.5) is 10.2 Å². The number of pyridine rings is 2. The molecule has 3 heterocycles. The molecule has 32 heavy (non-hydrogen) atoms. The van der Waals surface area contributed by atoms with Gasteiger partial charge in [0.1, 0.15) is 0 Å². The van der Waals surface area contributed by atoms with Crippen molar-refractivity contribution in [3.63, 3.8) is 0 Å². The normalized spacial score (nSPS) is 22.8. The van der Waals surface area contributed by atoms with Crippen molar-refractivity contribution in [3.05, 3.63) is 40.9 Å². The van der Waals surface area contributed by atoms with E-state index in [0.717, 1.165) is 43.4 Å². The average Bonchev–Trinajstić information content (AvgIpc) is 2.82. The number of hydrogen-bond donors (Lipinski definition) is 2. The Bertz CT molecular complexity index is 981. The highest BCUT2D eigenvalue weighted by atomic mass is 35.5. The van der Waals surface area contributed by atoms with Crippen molar-refractivity contribution in [2.24, 2.45) is 17.1 Å². The van der Waals surface area contributed by atoms with Crippen LogP contribution in [0.5, 0.6) is 0 Å². The first-order valence-electron chi connectivity index (χ1n) is 11.3. The minimum Gasteiger partial charge on any atom is -0.381 e. The molecule has 8 heteroatoms. The van der Waals surface area contributed by atoms with Crippen molar-refractivity contribution >= 4 is 17.4 Å². The summed E-state index contributed by atoms with van der Waals surface area (Å²) in [6, 6.07) is 7.66. The highest BCUT2D eigenvalue weighted by Gasteiger charge is 2.33. The molecule has 0 bridgehead atoms. The number of aromatic nitrogens is 2. The molecule has 2 fully saturated rings. The molecule has 3 N–H and O–H groups in total. The predicted octanol–water partition coefficient (Wildman–Crippen LogP) is 4.73. The molecule has 2 aromatic heterocycles. The molecule has 1 aliphatic carbocycles. The molecule has 2 aromatic rings. The molecule has 0 aromatic carbocycles. The number of hydrogen-bond acceptors (Lipinski definition) is 6. The van der Waals surface area contributed by atoms with E-state index in [2.05, 4.69) is 21.4 Å². The highest BCUT2D eigenvalue weighted by molar-refractivity contribution is 6.33. The van der Waals surface area contributed by atoms with E-state index in [0.29, 0.717) is 55.3 Å². The van der Waals surface area contributed by atoms with Crippen LogP contribution in [0.25, 0.3) is 11.3 Å². The van der Waals surface area contributed by atoms with Crippen LogP contribution in [-0.4, -0.2) is 35.8 Å². The topological polar surface area (TPSA) is 96.9 Å². The van der Waals surface area contributed by atoms with Crippen LogP contribution in [0, 0.1) is 28.5 Å². The Kier molecular flexibility index (Phi) is 7.24. The fraction of sp³-hybridized carbons (Fsp3) is 0.542. The number of anilines is 1. The van der Waals surface area contributed by atoms with Gasteiger partial charge in [-0.1, -0.05) is 11.6 Å². The van der Waals surface area contributed by atoms with Gasteiger partial charge < -0.3 is 15.8 Å². The van der Waals surface area contributed by atoms with Gasteiger partial charge in [-0.15, -0.1) is 0 Å². The summed E-state index contributed by atoms with van der Waals surface area (Å²) in [6.07, 6.45) is 8.06. The maximum Gasteiger partial charge on any atom is 0.165 e. The van der Waals surface area contributed by atoms with Crippen molar-refractivity contribution in [3.8, 4) is 17.3 Å². The third kappa shape index (κ3) is 5.37. The second kappa shape index (κ2) is 10.1. The first kappa shape index (κ1) is 22.9. The maximum atomic E-state index is 14.5. The molecule has 1 saturated heterocycles. The Morgan fingerprint density at radius 1 is 1.25 bits per heavy atom. The van der Waals surface area contributed by atoms with Gasteiger partial charge in [-0.3, -0.25) is 4.98 Å². The van der Waals surface area contributed by atoms with Gasteiger partial charge in [0.25, 0.3) is 0 Å². The quantitative estimate of drug-likeness (QED) is 0.650. The summed E-state index contributed by atoms with van der Waals surface area (Å²) >= 11 is 6.44. The number of halogens is 2. The van der Waals surface area contributed by atoms with Gasteiger partial charge in [0.15, 0.2) is 11.6 Å². The Hall–Kier alpha value is -2.27. The molecule has 0 atom stereocenters. The number of ether oxygens (including phenoxy) is 1. The molecule has 0 amide bonds. The zero-order valence-corrected chi connectivity index (χ0v) is 18.9. The molecule has 1 saturated carbocycles. The van der Waals surface area contributed by atoms with Crippen LogP contribution in [0.1, 0.15) is 44.2 Å². The van der Waals surface area contributed by atoms with Crippen LogP contribution in [0.3, 0.4) is 0 Å². The van der Waals surface area contributed by atoms with Gasteiger partial charge in [0, 0.05) is 43.3 Å². The standard InChI is InChI=1S/C24H29ClFN5O/c25-20-13-29-18(11-16-1-3-17(28)4-2-16)12-19(20)22-6-5-21(26)23(31-22)30-15-24(14-27)7-9-32-10-8-24/h5-6,12-13,16-17H,1-4,7-11,15,28H2,(H,30,31). The van der Waals surface area contributed by atoms with E-state index in [9.17, 15) is 9.65 Å². The van der Waals surface area contributed by atoms with E-state index in [-0.39, 0.29) is 5.82 Å². The second-order valence-corrected chi connectivity index (χ2v) is 9.43. The van der Waals surface area contributed by atoms with Crippen molar-refractivity contribution in [1.82, 2.24) is 9.97 Å². The molecule has 6 nitrogen and oxygen atoms in total. The van der Waals surface area contributed by atoms with Crippen LogP contribution in [0.15, 0.2) is 24.4 Å². The van der Waals surface area contributed by atoms with Crippen molar-refractivity contribution in [2.45, 2.75) is 51.0 Å². The molecule has 0 spiro atoms. The SMILES string of the molecule is N#CC1(CNc2nc(-c3cc(CC4CCC(N)CC4)ncc3Cl)ccc2F)CCOCC1. The zero-order chi connectivity index (χ0) is 22.6. The van der Waals surface area contributed by atoms with Gasteiger partial charge in [-0.25, -0.2) is 9.37 Å². The minimum atomic E-state index is -0.577. The Balaban J connectivity index is 1.51. The fourth-order valence-corrected chi connectivity index (χ4v) is 4.74. The summed E-state index contributed by atoms with van der Waals surface area (Å²) in [7, 11) is 0. The average molecular weight is 458 g/mol. The molecular weight excluding hydrogens is 429 g/mol. The summed E-state index contributed by atoms with van der Waals surface area (Å²) in [5.74, 6) is 0.230. The minimum absolute atomic E-state index is 0.124. The lowest BCUT2D eigenvalue weighted by Gasteiger charge is -2.30. The predicted molar refractivity (Wildman–Crippen MR) is 123 cm³/mol. The van der Waals surface area contributed by atoms with E-state index in [1.54, 1.807) is 12.3 Å². The lowest BCUT2D eigenvalue weighted by atomic mass is 9.82. The summed E-state index contributed by atoms with van der Waals surface area (Å²) < 4.78 is 19.9. The van der Waals surface area contributed by atoms with Gasteiger partial charge >= 0.3 is 0 Å². The summed E-state index contributed by atoms with van der Waals surface area (Å²) in [5.41, 5.74) is 7.71. The lowest BCUT2D eigenvalue weighted by Crippen LogP contribution is -2.35. The Morgan fingerprint density at radius 2 is 2.00 bits per heavy atom. The Labute approximate surface area is 193 Å². The number of nitrogens with one attached hydrogen (secondary N) is 1. The third-order valence-electron chi connectivity index (χ3n) is 6.70. The molecule has 0 radical (unpaired) electrons. The van der Waals surface area contributed by atoms with E-state index < -0.39 is 11.2 Å². The Morgan fingerprint density at radius 3 is 2.72 bits per heavy atom. The van der Waals surface area contributed by atoms with Crippen LogP contribution in [0.2, 0.25) is 5.02 Å². The molecule has 170 valence electrons. The summed E-state index contributed by atoms with van der Waals surface area (Å²) in [6.45, 7) is 1.39. The first-order valence-corrected chi connectivity index (χ1v) is 11.7. The number of nitrogens with zero attached hydrogens (tertiary/aromatic N) is 3. The smallest absolute Gasteiger partial charge is 0.165 e. The molecule has 4 rings (SSSR count). The van der Waals surface area contributed by atoms with Gasteiger partial charge in [-0.2, -0.15) is 5.26 Å². The fourth-order valence-electron chi connectivity index (χ4n) is 4.54. The van der Waals surface area contributed by atoms with Crippen LogP contribution < -0.4 is 11.1 Å². The zero-order valence-electron chi connectivity index (χ0n) is 18.1. The van der Waals surface area contributed by atoms with E-state index in [4.69, 9.17) is 22.1 Å². The van der Waals surface area contributed by atoms with E-state index in [1.807, 2.05) is 6.07 Å². The number of nitrogens with two attached hydrogens (primary N) is 1. The monoisotopic (exact) mass is 457 g/mol. The second-order valence-electron chi connectivity index (χ2n) is 9.03. The van der Waals surface area contributed by atoms with Crippen molar-refractivity contribution < 1.29 is 9.13 Å². The summed E-state index contributed by atoms with van der Waals surface area (Å²) in [4.78, 5) is 9.00. The van der Waals surface area contributed by atoms with Crippen LogP contribution in [-0.2, 0) is 11.2 Å². The summed E-state index contributed by atoms with van der Waals surface area (Å²) in [5, 5.41) is 13.2. The molecule has 0 unspecified atom stereocenters. The van der Waals surface area contributed by atoms with Crippen LogP contribution >= 0.6 is 11.6 Å². The highest BCUT2D eigenvalue weighted by Crippen LogP contribution is 2.33. The lowest BCUT2D eigenvalue weighted by molar-refractivity contribution is 0.0455. The molecule has 2 aliphatic rings. The van der Waals surface area contributed by atoms with E-state index >= 15 is 0 Å². The third-order valence-corrected chi connectivity index (χ3v) is 7.01. The van der Waals surface area contributed by atoms with Crippen molar-refractivity contribution in [2.75, 3.05) is 25.1 Å². The molecule has 1 aliphatic heterocycles. The van der Waals surface area contributed by atoms with Gasteiger partial charge in [0.2, 0.25) is 0 Å². The van der Waals surface area contributed by atoms with Gasteiger partial charge in [0.05, 0.1) is 22.2 Å². The van der Waals surface area contributed by atoms with E-state index in [1.165, 1.54) is 6.07 Å². The van der Waals surface area contributed by atoms with Crippen molar-refractivity contribution in [1.29, 1.82) is 5.26 Å². The molecular formula is C24H29ClFN5O. The first-order chi connectivity index (χ1) is 15.5.